The van der Waals surface area contributed by atoms with Crippen molar-refractivity contribution in [3.63, 3.8) is 0 Å². The molecule has 3 aromatic rings. The first-order chi connectivity index (χ1) is 16.2. The maximum absolute atomic E-state index is 13.7. The van der Waals surface area contributed by atoms with Gasteiger partial charge in [-0.1, -0.05) is 57.4 Å². The van der Waals surface area contributed by atoms with Crippen molar-refractivity contribution in [3.8, 4) is 0 Å². The molecule has 34 heavy (non-hydrogen) atoms. The Labute approximate surface area is 212 Å². The Kier molecular flexibility index (Phi) is 7.23. The molecule has 0 aliphatic carbocycles. The van der Waals surface area contributed by atoms with Gasteiger partial charge < -0.3 is 0 Å². The van der Waals surface area contributed by atoms with Gasteiger partial charge in [0.15, 0.2) is 0 Å². The summed E-state index contributed by atoms with van der Waals surface area (Å²) in [4.78, 5) is 27.4. The van der Waals surface area contributed by atoms with E-state index < -0.39 is 27.9 Å². The second-order valence-electron chi connectivity index (χ2n) is 8.07. The summed E-state index contributed by atoms with van der Waals surface area (Å²) in [6, 6.07) is 19.2. The van der Waals surface area contributed by atoms with Crippen LogP contribution in [-0.4, -0.2) is 37.1 Å². The fraction of sp³-hybridized carbons (Fsp3) is 0.200. The Morgan fingerprint density at radius 2 is 1.71 bits per heavy atom. The van der Waals surface area contributed by atoms with Gasteiger partial charge in [0.2, 0.25) is 15.9 Å². The summed E-state index contributed by atoms with van der Waals surface area (Å²) in [7, 11) is -4.06. The van der Waals surface area contributed by atoms with Gasteiger partial charge in [-0.05, 0) is 67.4 Å². The third-order valence-electron chi connectivity index (χ3n) is 5.69. The van der Waals surface area contributed by atoms with Gasteiger partial charge in [0, 0.05) is 16.0 Å². The third kappa shape index (κ3) is 5.10. The molecule has 1 aliphatic heterocycles. The Bertz CT molecular complexity index is 1330. The molecule has 0 spiro atoms. The van der Waals surface area contributed by atoms with Gasteiger partial charge in [-0.15, -0.1) is 0 Å². The van der Waals surface area contributed by atoms with Crippen LogP contribution in [0, 0.1) is 6.92 Å². The predicted octanol–water partition coefficient (Wildman–Crippen LogP) is 4.98. The van der Waals surface area contributed by atoms with Gasteiger partial charge in [0.05, 0.1) is 17.0 Å². The molecule has 3 aromatic carbocycles. The highest BCUT2D eigenvalue weighted by Crippen LogP contribution is 2.30. The van der Waals surface area contributed by atoms with E-state index in [0.717, 1.165) is 24.8 Å². The van der Waals surface area contributed by atoms with Gasteiger partial charge in [-0.25, -0.2) is 13.3 Å². The zero-order valence-corrected chi connectivity index (χ0v) is 21.5. The van der Waals surface area contributed by atoms with Crippen LogP contribution in [0.25, 0.3) is 0 Å². The van der Waals surface area contributed by atoms with Gasteiger partial charge in [0.1, 0.15) is 6.04 Å². The van der Waals surface area contributed by atoms with Gasteiger partial charge in [-0.3, -0.25) is 9.59 Å². The van der Waals surface area contributed by atoms with Crippen molar-refractivity contribution in [2.45, 2.75) is 30.7 Å². The van der Waals surface area contributed by atoms with Crippen LogP contribution in [0.1, 0.15) is 17.5 Å². The molecule has 176 valence electrons. The normalized spacial score (nSPS) is 16.5. The molecule has 0 aromatic heterocycles. The predicted molar refractivity (Wildman–Crippen MR) is 135 cm³/mol. The van der Waals surface area contributed by atoms with E-state index in [2.05, 4.69) is 15.9 Å². The van der Waals surface area contributed by atoms with Crippen molar-refractivity contribution < 1.29 is 18.0 Å². The number of imide groups is 1. The average molecular weight is 562 g/mol. The molecule has 0 N–H and O–H groups in total. The van der Waals surface area contributed by atoms with E-state index in [1.54, 1.807) is 54.6 Å². The molecule has 9 heteroatoms. The minimum Gasteiger partial charge on any atom is -0.274 e. The number of benzene rings is 3. The van der Waals surface area contributed by atoms with E-state index in [-0.39, 0.29) is 17.9 Å². The molecule has 1 heterocycles. The van der Waals surface area contributed by atoms with E-state index in [9.17, 15) is 18.0 Å². The van der Waals surface area contributed by atoms with Crippen LogP contribution in [-0.2, 0) is 26.0 Å². The lowest BCUT2D eigenvalue weighted by Gasteiger charge is -2.27. The van der Waals surface area contributed by atoms with Crippen molar-refractivity contribution in [1.82, 2.24) is 4.31 Å². The number of hydrogen-bond donors (Lipinski definition) is 0. The Balaban J connectivity index is 1.69. The quantitative estimate of drug-likeness (QED) is 0.382. The SMILES string of the molecule is Cc1ccc(S(=O)(=O)N(CCc2cccc(Cl)c2)C2CC(=O)N(c3ccc(Br)cc3)C2=O)cc1. The molecule has 1 unspecified atom stereocenters. The Hall–Kier alpha value is -2.52. The molecular weight excluding hydrogens is 540 g/mol. The van der Waals surface area contributed by atoms with Crippen LogP contribution in [0.5, 0.6) is 0 Å². The number of amides is 2. The molecular formula is C25H22BrClN2O4S. The van der Waals surface area contributed by atoms with E-state index in [4.69, 9.17) is 11.6 Å². The minimum atomic E-state index is -4.06. The van der Waals surface area contributed by atoms with E-state index in [1.165, 1.54) is 12.1 Å². The summed E-state index contributed by atoms with van der Waals surface area (Å²) in [5, 5.41) is 0.541. The lowest BCUT2D eigenvalue weighted by molar-refractivity contribution is -0.122. The number of hydrogen-bond acceptors (Lipinski definition) is 4. The van der Waals surface area contributed by atoms with Gasteiger partial charge >= 0.3 is 0 Å². The van der Waals surface area contributed by atoms with Crippen LogP contribution in [0.2, 0.25) is 5.02 Å². The van der Waals surface area contributed by atoms with Crippen LogP contribution in [0.3, 0.4) is 0 Å². The molecule has 4 rings (SSSR count). The summed E-state index contributed by atoms with van der Waals surface area (Å²) >= 11 is 9.43. The molecule has 1 saturated heterocycles. The largest absolute Gasteiger partial charge is 0.274 e. The zero-order valence-electron chi connectivity index (χ0n) is 18.3. The molecule has 2 amide bonds. The number of sulfonamides is 1. The lowest BCUT2D eigenvalue weighted by Crippen LogP contribution is -2.46. The first-order valence-electron chi connectivity index (χ1n) is 10.6. The molecule has 0 radical (unpaired) electrons. The summed E-state index contributed by atoms with van der Waals surface area (Å²) in [6.07, 6.45) is 0.109. The average Bonchev–Trinajstić information content (AvgIpc) is 3.08. The molecule has 1 atom stereocenters. The second kappa shape index (κ2) is 10.00. The monoisotopic (exact) mass is 560 g/mol. The smallest absolute Gasteiger partial charge is 0.252 e. The maximum atomic E-state index is 13.7. The standard InChI is InChI=1S/C25H22BrClN2O4S/c1-17-5-11-22(12-6-17)34(32,33)28(14-13-18-3-2-4-20(27)15-18)23-16-24(30)29(25(23)31)21-9-7-19(26)8-10-21/h2-12,15,23H,13-14,16H2,1H3. The highest BCUT2D eigenvalue weighted by atomic mass is 79.9. The summed E-state index contributed by atoms with van der Waals surface area (Å²) in [5.74, 6) is -1.00. The van der Waals surface area contributed by atoms with E-state index >= 15 is 0 Å². The summed E-state index contributed by atoms with van der Waals surface area (Å²) < 4.78 is 29.3. The minimum absolute atomic E-state index is 0.0222. The molecule has 0 bridgehead atoms. The number of rotatable bonds is 7. The second-order valence-corrected chi connectivity index (χ2v) is 11.3. The number of carbonyl (C=O) groups is 2. The van der Waals surface area contributed by atoms with Gasteiger partial charge in [0.25, 0.3) is 5.91 Å². The molecule has 0 saturated carbocycles. The Morgan fingerprint density at radius 1 is 1.03 bits per heavy atom. The highest BCUT2D eigenvalue weighted by molar-refractivity contribution is 9.10. The van der Waals surface area contributed by atoms with Crippen LogP contribution < -0.4 is 4.90 Å². The third-order valence-corrected chi connectivity index (χ3v) is 8.38. The number of halogens is 2. The topological polar surface area (TPSA) is 74.8 Å². The number of carbonyl (C=O) groups excluding carboxylic acids is 2. The zero-order chi connectivity index (χ0) is 24.5. The van der Waals surface area contributed by atoms with Crippen molar-refractivity contribution in [3.05, 3.63) is 93.4 Å². The molecule has 1 aliphatic rings. The van der Waals surface area contributed by atoms with Crippen molar-refractivity contribution >= 4 is 55.1 Å². The fourth-order valence-corrected chi connectivity index (χ4v) is 5.98. The van der Waals surface area contributed by atoms with Gasteiger partial charge in [-0.2, -0.15) is 4.31 Å². The van der Waals surface area contributed by atoms with E-state index in [0.29, 0.717) is 17.1 Å². The van der Waals surface area contributed by atoms with Crippen molar-refractivity contribution in [2.24, 2.45) is 0 Å². The number of nitrogens with zero attached hydrogens (tertiary/aromatic N) is 2. The van der Waals surface area contributed by atoms with Crippen LogP contribution in [0.4, 0.5) is 5.69 Å². The van der Waals surface area contributed by atoms with Crippen LogP contribution in [0.15, 0.2) is 82.2 Å². The first kappa shape index (κ1) is 24.6. The molecule has 1 fully saturated rings. The van der Waals surface area contributed by atoms with Crippen LogP contribution >= 0.6 is 27.5 Å². The summed E-state index contributed by atoms with van der Waals surface area (Å²) in [5.41, 5.74) is 2.15. The maximum Gasteiger partial charge on any atom is 0.252 e. The van der Waals surface area contributed by atoms with E-state index in [1.807, 2.05) is 13.0 Å². The highest BCUT2D eigenvalue weighted by Gasteiger charge is 2.46. The lowest BCUT2D eigenvalue weighted by atomic mass is 10.1. The van der Waals surface area contributed by atoms with Crippen molar-refractivity contribution in [1.29, 1.82) is 0 Å². The summed E-state index contributed by atoms with van der Waals surface area (Å²) in [6.45, 7) is 1.89. The van der Waals surface area contributed by atoms with Crippen molar-refractivity contribution in [2.75, 3.05) is 11.4 Å². The fourth-order valence-electron chi connectivity index (χ4n) is 3.92. The number of aryl methyl sites for hydroxylation is 1. The molecule has 6 nitrogen and oxygen atoms in total. The Morgan fingerprint density at radius 3 is 2.35 bits per heavy atom. The first-order valence-corrected chi connectivity index (χ1v) is 13.2. The number of anilines is 1.